The molecular weight excluding hydrogens is 236 g/mol. The van der Waals surface area contributed by atoms with Crippen molar-refractivity contribution in [1.82, 2.24) is 4.90 Å². The number of rotatable bonds is 5. The Bertz CT molecular complexity index is 327. The standard InChI is InChI=1S/C13H20N2O.ClH/c1-3-15(13(16)11(2)14)10-9-12-7-5-4-6-8-12;/h4-8,11H,3,9-10,14H2,1-2H3;1H/t11-;/m1./s1. The fourth-order valence-electron chi connectivity index (χ4n) is 1.62. The van der Waals surface area contributed by atoms with E-state index in [4.69, 9.17) is 5.73 Å². The Labute approximate surface area is 109 Å². The van der Waals surface area contributed by atoms with E-state index in [1.54, 1.807) is 11.8 Å². The largest absolute Gasteiger partial charge is 0.341 e. The molecule has 0 aliphatic heterocycles. The van der Waals surface area contributed by atoms with Gasteiger partial charge in [0.25, 0.3) is 0 Å². The first kappa shape index (κ1) is 15.9. The van der Waals surface area contributed by atoms with Gasteiger partial charge in [0.1, 0.15) is 0 Å². The van der Waals surface area contributed by atoms with E-state index in [9.17, 15) is 4.79 Å². The lowest BCUT2D eigenvalue weighted by Gasteiger charge is -2.22. The maximum atomic E-state index is 11.7. The van der Waals surface area contributed by atoms with Crippen molar-refractivity contribution < 1.29 is 4.79 Å². The smallest absolute Gasteiger partial charge is 0.239 e. The third-order valence-corrected chi connectivity index (χ3v) is 2.60. The molecule has 4 heteroatoms. The number of amides is 1. The highest BCUT2D eigenvalue weighted by Gasteiger charge is 2.14. The van der Waals surface area contributed by atoms with E-state index in [-0.39, 0.29) is 18.3 Å². The predicted molar refractivity (Wildman–Crippen MR) is 73.3 cm³/mol. The van der Waals surface area contributed by atoms with Crippen molar-refractivity contribution in [3.8, 4) is 0 Å². The first-order valence-electron chi connectivity index (χ1n) is 5.73. The summed E-state index contributed by atoms with van der Waals surface area (Å²) in [5, 5.41) is 0. The summed E-state index contributed by atoms with van der Waals surface area (Å²) >= 11 is 0. The van der Waals surface area contributed by atoms with E-state index in [1.807, 2.05) is 25.1 Å². The first-order valence-corrected chi connectivity index (χ1v) is 5.73. The van der Waals surface area contributed by atoms with Crippen LogP contribution in [0, 0.1) is 0 Å². The van der Waals surface area contributed by atoms with Crippen LogP contribution in [0.25, 0.3) is 0 Å². The molecule has 0 bridgehead atoms. The molecule has 1 aromatic carbocycles. The van der Waals surface area contributed by atoms with Crippen LogP contribution in [0.3, 0.4) is 0 Å². The molecule has 1 amide bonds. The van der Waals surface area contributed by atoms with E-state index in [0.717, 1.165) is 13.0 Å². The summed E-state index contributed by atoms with van der Waals surface area (Å²) in [5.41, 5.74) is 6.84. The Balaban J connectivity index is 0.00000256. The summed E-state index contributed by atoms with van der Waals surface area (Å²) in [4.78, 5) is 13.5. The van der Waals surface area contributed by atoms with Gasteiger partial charge in [0, 0.05) is 13.1 Å². The van der Waals surface area contributed by atoms with Crippen molar-refractivity contribution in [3.63, 3.8) is 0 Å². The van der Waals surface area contributed by atoms with Gasteiger partial charge in [-0.25, -0.2) is 0 Å². The molecule has 0 saturated carbocycles. The van der Waals surface area contributed by atoms with Crippen LogP contribution in [-0.2, 0) is 11.2 Å². The zero-order valence-corrected chi connectivity index (χ0v) is 11.2. The average Bonchev–Trinajstić information content (AvgIpc) is 2.30. The van der Waals surface area contributed by atoms with Gasteiger partial charge >= 0.3 is 0 Å². The highest BCUT2D eigenvalue weighted by Crippen LogP contribution is 2.02. The van der Waals surface area contributed by atoms with Crippen molar-refractivity contribution in [2.24, 2.45) is 5.73 Å². The highest BCUT2D eigenvalue weighted by atomic mass is 35.5. The normalized spacial score (nSPS) is 11.5. The number of hydrogen-bond acceptors (Lipinski definition) is 2. The van der Waals surface area contributed by atoms with Gasteiger partial charge in [0.15, 0.2) is 0 Å². The maximum Gasteiger partial charge on any atom is 0.239 e. The molecule has 0 radical (unpaired) electrons. The SMILES string of the molecule is CCN(CCc1ccccc1)C(=O)[C@@H](C)N.Cl. The van der Waals surface area contributed by atoms with Crippen molar-refractivity contribution in [2.75, 3.05) is 13.1 Å². The van der Waals surface area contributed by atoms with Gasteiger partial charge in [0.2, 0.25) is 5.91 Å². The summed E-state index contributed by atoms with van der Waals surface area (Å²) in [6.45, 7) is 5.16. The number of nitrogens with zero attached hydrogens (tertiary/aromatic N) is 1. The Morgan fingerprint density at radius 2 is 1.94 bits per heavy atom. The fraction of sp³-hybridized carbons (Fsp3) is 0.462. The van der Waals surface area contributed by atoms with Crippen molar-refractivity contribution >= 4 is 18.3 Å². The summed E-state index contributed by atoms with van der Waals surface area (Å²) in [6.07, 6.45) is 0.882. The number of likely N-dealkylation sites (N-methyl/N-ethyl adjacent to an activating group) is 1. The zero-order valence-electron chi connectivity index (χ0n) is 10.4. The average molecular weight is 257 g/mol. The van der Waals surface area contributed by atoms with Gasteiger partial charge in [-0.05, 0) is 25.8 Å². The molecule has 1 atom stereocenters. The summed E-state index contributed by atoms with van der Waals surface area (Å²) in [5.74, 6) is 0.0263. The second kappa shape index (κ2) is 8.09. The zero-order chi connectivity index (χ0) is 12.0. The Morgan fingerprint density at radius 3 is 2.41 bits per heavy atom. The Kier molecular flexibility index (Phi) is 7.59. The quantitative estimate of drug-likeness (QED) is 0.874. The molecule has 96 valence electrons. The first-order chi connectivity index (χ1) is 7.65. The molecule has 0 aromatic heterocycles. The molecule has 0 spiro atoms. The molecule has 0 heterocycles. The highest BCUT2D eigenvalue weighted by molar-refractivity contribution is 5.85. The molecule has 2 N–H and O–H groups in total. The summed E-state index contributed by atoms with van der Waals surface area (Å²) < 4.78 is 0. The lowest BCUT2D eigenvalue weighted by Crippen LogP contribution is -2.42. The maximum absolute atomic E-state index is 11.7. The Hall–Kier alpha value is -1.06. The topological polar surface area (TPSA) is 46.3 Å². The second-order valence-electron chi connectivity index (χ2n) is 3.94. The van der Waals surface area contributed by atoms with E-state index in [1.165, 1.54) is 5.56 Å². The third-order valence-electron chi connectivity index (χ3n) is 2.60. The molecule has 1 aromatic rings. The molecule has 0 saturated heterocycles. The lowest BCUT2D eigenvalue weighted by atomic mass is 10.1. The number of nitrogens with two attached hydrogens (primary N) is 1. The van der Waals surface area contributed by atoms with Crippen LogP contribution in [0.1, 0.15) is 19.4 Å². The molecule has 3 nitrogen and oxygen atoms in total. The van der Waals surface area contributed by atoms with E-state index in [0.29, 0.717) is 6.54 Å². The van der Waals surface area contributed by atoms with Gasteiger partial charge in [-0.15, -0.1) is 12.4 Å². The van der Waals surface area contributed by atoms with Gasteiger partial charge in [-0.1, -0.05) is 30.3 Å². The fourth-order valence-corrected chi connectivity index (χ4v) is 1.62. The number of carbonyl (C=O) groups excluding carboxylic acids is 1. The minimum absolute atomic E-state index is 0. The molecule has 0 unspecified atom stereocenters. The second-order valence-corrected chi connectivity index (χ2v) is 3.94. The molecule has 17 heavy (non-hydrogen) atoms. The molecule has 0 aliphatic rings. The van der Waals surface area contributed by atoms with Gasteiger partial charge in [0.05, 0.1) is 6.04 Å². The van der Waals surface area contributed by atoms with Gasteiger partial charge in [-0.2, -0.15) is 0 Å². The molecule has 0 fully saturated rings. The number of benzene rings is 1. The predicted octanol–water partition coefficient (Wildman–Crippen LogP) is 1.85. The molecule has 0 aliphatic carbocycles. The van der Waals surface area contributed by atoms with Gasteiger partial charge < -0.3 is 10.6 Å². The van der Waals surface area contributed by atoms with Crippen LogP contribution < -0.4 is 5.73 Å². The minimum atomic E-state index is -0.407. The number of carbonyl (C=O) groups is 1. The summed E-state index contributed by atoms with van der Waals surface area (Å²) in [7, 11) is 0. The number of hydrogen-bond donors (Lipinski definition) is 1. The van der Waals surface area contributed by atoms with Crippen LogP contribution in [0.4, 0.5) is 0 Å². The minimum Gasteiger partial charge on any atom is -0.341 e. The van der Waals surface area contributed by atoms with Crippen LogP contribution in [0.5, 0.6) is 0 Å². The van der Waals surface area contributed by atoms with Crippen molar-refractivity contribution in [3.05, 3.63) is 35.9 Å². The number of halogens is 1. The van der Waals surface area contributed by atoms with E-state index in [2.05, 4.69) is 12.1 Å². The van der Waals surface area contributed by atoms with Crippen LogP contribution in [0.2, 0.25) is 0 Å². The van der Waals surface area contributed by atoms with Crippen molar-refractivity contribution in [1.29, 1.82) is 0 Å². The molecular formula is C13H21ClN2O. The monoisotopic (exact) mass is 256 g/mol. The molecule has 1 rings (SSSR count). The van der Waals surface area contributed by atoms with Crippen LogP contribution >= 0.6 is 12.4 Å². The van der Waals surface area contributed by atoms with E-state index < -0.39 is 6.04 Å². The lowest BCUT2D eigenvalue weighted by molar-refractivity contribution is -0.131. The van der Waals surface area contributed by atoms with Crippen LogP contribution in [-0.4, -0.2) is 29.9 Å². The summed E-state index contributed by atoms with van der Waals surface area (Å²) in [6, 6.07) is 9.76. The van der Waals surface area contributed by atoms with E-state index >= 15 is 0 Å². The van der Waals surface area contributed by atoms with Crippen molar-refractivity contribution in [2.45, 2.75) is 26.3 Å². The Morgan fingerprint density at radius 1 is 1.35 bits per heavy atom. The van der Waals surface area contributed by atoms with Gasteiger partial charge in [-0.3, -0.25) is 4.79 Å². The van der Waals surface area contributed by atoms with Crippen LogP contribution in [0.15, 0.2) is 30.3 Å². The third kappa shape index (κ3) is 5.20.